The summed E-state index contributed by atoms with van der Waals surface area (Å²) in [7, 11) is -4.13. The van der Waals surface area contributed by atoms with Crippen molar-refractivity contribution in [3.05, 3.63) is 94.4 Å². The van der Waals surface area contributed by atoms with E-state index < -0.39 is 26.1 Å². The van der Waals surface area contributed by atoms with Crippen LogP contribution in [0.2, 0.25) is 0 Å². The van der Waals surface area contributed by atoms with E-state index in [9.17, 15) is 22.8 Å². The molecule has 172 valence electrons. The highest BCUT2D eigenvalue weighted by molar-refractivity contribution is 7.91. The van der Waals surface area contributed by atoms with Gasteiger partial charge in [-0.25, -0.2) is 13.4 Å². The highest BCUT2D eigenvalue weighted by Gasteiger charge is 2.24. The molecule has 0 radical (unpaired) electrons. The van der Waals surface area contributed by atoms with Gasteiger partial charge < -0.3 is 9.88 Å². The van der Waals surface area contributed by atoms with Crippen LogP contribution in [-0.2, 0) is 21.2 Å². The fourth-order valence-electron chi connectivity index (χ4n) is 3.52. The molecule has 4 rings (SSSR count). The van der Waals surface area contributed by atoms with Gasteiger partial charge in [-0.3, -0.25) is 14.4 Å². The molecule has 2 aromatic heterocycles. The SMILES string of the molecule is CC(=O)c1ccc(NC(=O)Cn2cc(S(=O)(=O)c3ccccc3)c(=O)c3ccc(C)nc32)cc1. The number of carbonyl (C=O) groups is 2. The number of anilines is 1. The van der Waals surface area contributed by atoms with Crippen LogP contribution in [0.3, 0.4) is 0 Å². The third kappa shape index (κ3) is 4.51. The molecule has 0 fully saturated rings. The minimum Gasteiger partial charge on any atom is -0.325 e. The van der Waals surface area contributed by atoms with Gasteiger partial charge in [-0.15, -0.1) is 0 Å². The Morgan fingerprint density at radius 2 is 1.65 bits per heavy atom. The Balaban J connectivity index is 1.76. The molecule has 0 aliphatic carbocycles. The van der Waals surface area contributed by atoms with Crippen molar-refractivity contribution in [1.82, 2.24) is 9.55 Å². The monoisotopic (exact) mass is 475 g/mol. The molecule has 8 nitrogen and oxygen atoms in total. The highest BCUT2D eigenvalue weighted by atomic mass is 32.2. The van der Waals surface area contributed by atoms with Gasteiger partial charge in [0.1, 0.15) is 17.1 Å². The first-order chi connectivity index (χ1) is 16.2. The largest absolute Gasteiger partial charge is 0.325 e. The van der Waals surface area contributed by atoms with Crippen molar-refractivity contribution >= 4 is 38.2 Å². The van der Waals surface area contributed by atoms with Gasteiger partial charge in [0.15, 0.2) is 5.78 Å². The molecule has 0 saturated heterocycles. The van der Waals surface area contributed by atoms with Crippen LogP contribution in [0.15, 0.2) is 87.5 Å². The number of Topliss-reactive ketones (excluding diaryl/α,β-unsaturated/α-hetero) is 1. The summed E-state index contributed by atoms with van der Waals surface area (Å²) in [6, 6.07) is 17.2. The maximum absolute atomic E-state index is 13.2. The molecule has 1 amide bonds. The van der Waals surface area contributed by atoms with Crippen LogP contribution in [0.1, 0.15) is 23.0 Å². The molecule has 0 aliphatic rings. The van der Waals surface area contributed by atoms with E-state index in [4.69, 9.17) is 0 Å². The van der Waals surface area contributed by atoms with E-state index in [0.29, 0.717) is 16.9 Å². The number of aromatic nitrogens is 2. The number of hydrogen-bond acceptors (Lipinski definition) is 6. The lowest BCUT2D eigenvalue weighted by Gasteiger charge is -2.14. The lowest BCUT2D eigenvalue weighted by molar-refractivity contribution is -0.116. The first-order valence-electron chi connectivity index (χ1n) is 10.4. The molecular weight excluding hydrogens is 454 g/mol. The minimum absolute atomic E-state index is 0.0203. The number of benzene rings is 2. The second-order valence-corrected chi connectivity index (χ2v) is 9.69. The number of amides is 1. The van der Waals surface area contributed by atoms with Gasteiger partial charge in [-0.2, -0.15) is 0 Å². The Kier molecular flexibility index (Phi) is 6.12. The molecule has 0 aliphatic heterocycles. The Morgan fingerprint density at radius 3 is 2.29 bits per heavy atom. The van der Waals surface area contributed by atoms with Gasteiger partial charge in [-0.1, -0.05) is 18.2 Å². The average molecular weight is 476 g/mol. The van der Waals surface area contributed by atoms with E-state index in [2.05, 4.69) is 10.3 Å². The molecule has 34 heavy (non-hydrogen) atoms. The molecule has 2 heterocycles. The number of aryl methyl sites for hydroxylation is 1. The van der Waals surface area contributed by atoms with Crippen LogP contribution in [0.5, 0.6) is 0 Å². The summed E-state index contributed by atoms with van der Waals surface area (Å²) in [6.45, 7) is 2.91. The summed E-state index contributed by atoms with van der Waals surface area (Å²) in [5.74, 6) is -0.543. The molecule has 9 heteroatoms. The number of nitrogens with zero attached hydrogens (tertiary/aromatic N) is 2. The molecule has 1 N–H and O–H groups in total. The summed E-state index contributed by atoms with van der Waals surface area (Å²) in [4.78, 5) is 41.3. The van der Waals surface area contributed by atoms with Gasteiger partial charge in [0, 0.05) is 23.1 Å². The molecule has 2 aromatic carbocycles. The molecule has 0 bridgehead atoms. The number of pyridine rings is 2. The first-order valence-corrected chi connectivity index (χ1v) is 11.9. The Bertz CT molecular complexity index is 1580. The zero-order valence-electron chi connectivity index (χ0n) is 18.5. The fraction of sp³-hybridized carbons (Fsp3) is 0.120. The van der Waals surface area contributed by atoms with Crippen LogP contribution in [0.4, 0.5) is 5.69 Å². The average Bonchev–Trinajstić information content (AvgIpc) is 2.81. The van der Waals surface area contributed by atoms with Crippen molar-refractivity contribution in [2.75, 3.05) is 5.32 Å². The molecule has 0 unspecified atom stereocenters. The van der Waals surface area contributed by atoms with Gasteiger partial charge >= 0.3 is 0 Å². The lowest BCUT2D eigenvalue weighted by atomic mass is 10.1. The number of sulfone groups is 1. The number of carbonyl (C=O) groups excluding carboxylic acids is 2. The van der Waals surface area contributed by atoms with E-state index in [1.165, 1.54) is 29.7 Å². The van der Waals surface area contributed by atoms with Gasteiger partial charge in [0.25, 0.3) is 0 Å². The number of hydrogen-bond donors (Lipinski definition) is 1. The van der Waals surface area contributed by atoms with Crippen molar-refractivity contribution in [1.29, 1.82) is 0 Å². The number of rotatable bonds is 6. The van der Waals surface area contributed by atoms with Crippen molar-refractivity contribution in [2.45, 2.75) is 30.2 Å². The zero-order valence-corrected chi connectivity index (χ0v) is 19.3. The Hall–Kier alpha value is -4.11. The van der Waals surface area contributed by atoms with Gasteiger partial charge in [0.2, 0.25) is 21.2 Å². The van der Waals surface area contributed by atoms with E-state index in [1.54, 1.807) is 55.5 Å². The quantitative estimate of drug-likeness (QED) is 0.428. The van der Waals surface area contributed by atoms with Crippen molar-refractivity contribution < 1.29 is 18.0 Å². The van der Waals surface area contributed by atoms with Crippen molar-refractivity contribution in [3.63, 3.8) is 0 Å². The van der Waals surface area contributed by atoms with Crippen LogP contribution in [0.25, 0.3) is 11.0 Å². The van der Waals surface area contributed by atoms with Crippen LogP contribution < -0.4 is 10.7 Å². The van der Waals surface area contributed by atoms with E-state index in [1.807, 2.05) is 0 Å². The summed E-state index contributed by atoms with van der Waals surface area (Å²) in [5.41, 5.74) is 1.13. The Labute approximate surface area is 195 Å². The van der Waals surface area contributed by atoms with Crippen molar-refractivity contribution in [2.24, 2.45) is 0 Å². The zero-order chi connectivity index (χ0) is 24.5. The maximum atomic E-state index is 13.2. The van der Waals surface area contributed by atoms with E-state index >= 15 is 0 Å². The molecular formula is C25H21N3O5S. The third-order valence-corrected chi connectivity index (χ3v) is 7.02. The van der Waals surface area contributed by atoms with Gasteiger partial charge in [-0.05, 0) is 62.4 Å². The maximum Gasteiger partial charge on any atom is 0.244 e. The van der Waals surface area contributed by atoms with E-state index in [-0.39, 0.29) is 28.3 Å². The predicted octanol–water partition coefficient (Wildman–Crippen LogP) is 3.38. The lowest BCUT2D eigenvalue weighted by Crippen LogP contribution is -2.24. The second kappa shape index (κ2) is 9.03. The number of ketones is 1. The normalized spacial score (nSPS) is 11.4. The summed E-state index contributed by atoms with van der Waals surface area (Å²) < 4.78 is 27.8. The number of nitrogens with one attached hydrogen (secondary N) is 1. The Morgan fingerprint density at radius 1 is 0.971 bits per heavy atom. The first kappa shape index (κ1) is 23.1. The van der Waals surface area contributed by atoms with Crippen LogP contribution in [0, 0.1) is 6.92 Å². The molecule has 0 atom stereocenters. The summed E-state index contributed by atoms with van der Waals surface area (Å²) >= 11 is 0. The third-order valence-electron chi connectivity index (χ3n) is 5.26. The van der Waals surface area contributed by atoms with Gasteiger partial charge in [0.05, 0.1) is 10.3 Å². The smallest absolute Gasteiger partial charge is 0.244 e. The highest BCUT2D eigenvalue weighted by Crippen LogP contribution is 2.21. The van der Waals surface area contributed by atoms with E-state index in [0.717, 1.165) is 6.20 Å². The number of fused-ring (bicyclic) bond motifs is 1. The standard InChI is InChI=1S/C25H21N3O5S/c1-16-8-13-21-24(31)22(34(32,33)20-6-4-3-5-7-20)14-28(25(21)26-16)15-23(30)27-19-11-9-18(10-12-19)17(2)29/h3-14H,15H2,1-2H3,(H,27,30). The second-order valence-electron chi connectivity index (χ2n) is 7.77. The topological polar surface area (TPSA) is 115 Å². The van der Waals surface area contributed by atoms with Crippen LogP contribution in [-0.4, -0.2) is 29.7 Å². The molecule has 4 aromatic rings. The fourth-order valence-corrected chi connectivity index (χ4v) is 4.90. The predicted molar refractivity (Wildman–Crippen MR) is 128 cm³/mol. The summed E-state index contributed by atoms with van der Waals surface area (Å²) in [5, 5.41) is 2.81. The molecule has 0 saturated carbocycles. The molecule has 0 spiro atoms. The minimum atomic E-state index is -4.13. The van der Waals surface area contributed by atoms with Crippen molar-refractivity contribution in [3.8, 4) is 0 Å². The summed E-state index contributed by atoms with van der Waals surface area (Å²) in [6.07, 6.45) is 1.16. The van der Waals surface area contributed by atoms with Crippen LogP contribution >= 0.6 is 0 Å².